The molecule has 0 aliphatic heterocycles. The summed E-state index contributed by atoms with van der Waals surface area (Å²) in [6, 6.07) is 14.8. The van der Waals surface area contributed by atoms with E-state index in [1.807, 2.05) is 30.3 Å². The fourth-order valence-electron chi connectivity index (χ4n) is 2.82. The largest absolute Gasteiger partial charge is 0.748 e. The number of hydrogen-bond acceptors (Lipinski definition) is 7. The smallest absolute Gasteiger partial charge is 0.228 e. The minimum absolute atomic E-state index is 0.128. The molecule has 2 aromatic heterocycles. The second-order valence-corrected chi connectivity index (χ2v) is 7.51. The van der Waals surface area contributed by atoms with Crippen molar-refractivity contribution < 1.29 is 22.1 Å². The maximum absolute atomic E-state index is 10.6. The van der Waals surface area contributed by atoms with Crippen LogP contribution in [0.2, 0.25) is 0 Å². The maximum atomic E-state index is 10.6. The van der Waals surface area contributed by atoms with Gasteiger partial charge in [-0.1, -0.05) is 18.2 Å². The fourth-order valence-corrected chi connectivity index (χ4v) is 3.29. The predicted octanol–water partition coefficient (Wildman–Crippen LogP) is 3.36. The van der Waals surface area contributed by atoms with Gasteiger partial charge < -0.3 is 13.7 Å². The van der Waals surface area contributed by atoms with Gasteiger partial charge in [0.2, 0.25) is 5.89 Å². The highest BCUT2D eigenvalue weighted by atomic mass is 32.2. The van der Waals surface area contributed by atoms with Crippen LogP contribution in [0.3, 0.4) is 0 Å². The standard InChI is InChI=1S/C19H16N2O5S/c22-27(23,24)11-3-10-25-13-6-7-17-18(12-13)26-19(21-17)15-8-9-20-16-5-2-1-4-14(15)16/h1-2,4-9,12H,3,10-11H2,(H,22,23,24)/p-1. The van der Waals surface area contributed by atoms with Crippen molar-refractivity contribution in [3.8, 4) is 17.2 Å². The summed E-state index contributed by atoms with van der Waals surface area (Å²) in [6.45, 7) is 0.128. The number of hydrogen-bond donors (Lipinski definition) is 0. The molecule has 0 atom stereocenters. The highest BCUT2D eigenvalue weighted by Crippen LogP contribution is 2.30. The molecular weight excluding hydrogens is 368 g/mol. The van der Waals surface area contributed by atoms with Crippen molar-refractivity contribution in [1.82, 2.24) is 9.97 Å². The van der Waals surface area contributed by atoms with Crippen molar-refractivity contribution in [1.29, 1.82) is 0 Å². The van der Waals surface area contributed by atoms with Gasteiger partial charge in [0.25, 0.3) is 0 Å². The summed E-state index contributed by atoms with van der Waals surface area (Å²) in [5.41, 5.74) is 2.94. The van der Waals surface area contributed by atoms with Crippen molar-refractivity contribution in [2.75, 3.05) is 12.4 Å². The fraction of sp³-hybridized carbons (Fsp3) is 0.158. The SMILES string of the molecule is O=S(=O)([O-])CCCOc1ccc2nc(-c3ccnc4ccccc34)oc2c1. The number of fused-ring (bicyclic) bond motifs is 2. The van der Waals surface area contributed by atoms with Gasteiger partial charge in [-0.05, 0) is 30.7 Å². The summed E-state index contributed by atoms with van der Waals surface area (Å²) in [6.07, 6.45) is 1.85. The molecule has 0 aliphatic carbocycles. The minimum Gasteiger partial charge on any atom is -0.748 e. The third-order valence-electron chi connectivity index (χ3n) is 4.05. The van der Waals surface area contributed by atoms with E-state index in [0.717, 1.165) is 16.5 Å². The van der Waals surface area contributed by atoms with Crippen LogP contribution in [0.25, 0.3) is 33.5 Å². The van der Waals surface area contributed by atoms with Gasteiger partial charge in [-0.25, -0.2) is 13.4 Å². The third-order valence-corrected chi connectivity index (χ3v) is 4.84. The van der Waals surface area contributed by atoms with E-state index in [4.69, 9.17) is 9.15 Å². The Morgan fingerprint density at radius 3 is 2.78 bits per heavy atom. The highest BCUT2D eigenvalue weighted by molar-refractivity contribution is 7.85. The molecule has 2 heterocycles. The lowest BCUT2D eigenvalue weighted by atomic mass is 10.1. The Morgan fingerprint density at radius 1 is 1.07 bits per heavy atom. The average molecular weight is 383 g/mol. The van der Waals surface area contributed by atoms with E-state index < -0.39 is 15.9 Å². The molecule has 0 unspecified atom stereocenters. The molecule has 7 nitrogen and oxygen atoms in total. The Labute approximate surface area is 155 Å². The van der Waals surface area contributed by atoms with E-state index in [9.17, 15) is 13.0 Å². The van der Waals surface area contributed by atoms with Crippen molar-refractivity contribution in [2.24, 2.45) is 0 Å². The first-order chi connectivity index (χ1) is 13.0. The van der Waals surface area contributed by atoms with Gasteiger partial charge in [0.15, 0.2) is 5.58 Å². The second-order valence-electron chi connectivity index (χ2n) is 5.99. The zero-order valence-corrected chi connectivity index (χ0v) is 15.0. The number of benzene rings is 2. The first-order valence-corrected chi connectivity index (χ1v) is 9.88. The quantitative estimate of drug-likeness (QED) is 0.371. The number of nitrogens with zero attached hydrogens (tertiary/aromatic N) is 2. The molecule has 0 fully saturated rings. The molecular formula is C19H15N2O5S-. The molecule has 138 valence electrons. The van der Waals surface area contributed by atoms with Crippen molar-refractivity contribution in [3.63, 3.8) is 0 Å². The van der Waals surface area contributed by atoms with E-state index in [1.54, 1.807) is 24.4 Å². The average Bonchev–Trinajstić information content (AvgIpc) is 3.07. The van der Waals surface area contributed by atoms with Gasteiger partial charge in [0.05, 0.1) is 22.2 Å². The monoisotopic (exact) mass is 383 g/mol. The van der Waals surface area contributed by atoms with E-state index in [0.29, 0.717) is 22.7 Å². The molecule has 27 heavy (non-hydrogen) atoms. The van der Waals surface area contributed by atoms with Crippen molar-refractivity contribution >= 4 is 32.1 Å². The van der Waals surface area contributed by atoms with E-state index >= 15 is 0 Å². The lowest BCUT2D eigenvalue weighted by molar-refractivity contribution is 0.315. The summed E-state index contributed by atoms with van der Waals surface area (Å²) >= 11 is 0. The van der Waals surface area contributed by atoms with Crippen molar-refractivity contribution in [3.05, 3.63) is 54.7 Å². The van der Waals surface area contributed by atoms with Crippen molar-refractivity contribution in [2.45, 2.75) is 6.42 Å². The van der Waals surface area contributed by atoms with Crippen LogP contribution in [0.4, 0.5) is 0 Å². The summed E-state index contributed by atoms with van der Waals surface area (Å²) in [5, 5.41) is 0.946. The van der Waals surface area contributed by atoms with Crippen LogP contribution in [0.5, 0.6) is 5.75 Å². The normalized spacial score (nSPS) is 11.9. The van der Waals surface area contributed by atoms with E-state index in [1.165, 1.54) is 0 Å². The molecule has 0 spiro atoms. The number of ether oxygens (including phenoxy) is 1. The Hall–Kier alpha value is -2.97. The molecule has 0 bridgehead atoms. The highest BCUT2D eigenvalue weighted by Gasteiger charge is 2.12. The number of oxazole rings is 1. The minimum atomic E-state index is -4.22. The summed E-state index contributed by atoms with van der Waals surface area (Å²) < 4.78 is 43.2. The number of para-hydroxylation sites is 1. The van der Waals surface area contributed by atoms with Gasteiger partial charge in [-0.15, -0.1) is 0 Å². The Bertz CT molecular complexity index is 1210. The molecule has 8 heteroatoms. The third kappa shape index (κ3) is 3.91. The van der Waals surface area contributed by atoms with Crippen LogP contribution < -0.4 is 4.74 Å². The molecule has 0 saturated carbocycles. The van der Waals surface area contributed by atoms with Gasteiger partial charge in [0.1, 0.15) is 11.3 Å². The van der Waals surface area contributed by atoms with E-state index in [-0.39, 0.29) is 13.0 Å². The van der Waals surface area contributed by atoms with Crippen LogP contribution in [0.1, 0.15) is 6.42 Å². The summed E-state index contributed by atoms with van der Waals surface area (Å²) in [5.74, 6) is 0.558. The van der Waals surface area contributed by atoms with Crippen LogP contribution >= 0.6 is 0 Å². The second kappa shape index (κ2) is 6.98. The number of rotatable bonds is 6. The first kappa shape index (κ1) is 17.4. The van der Waals surface area contributed by atoms with Gasteiger partial charge >= 0.3 is 0 Å². The Morgan fingerprint density at radius 2 is 1.93 bits per heavy atom. The maximum Gasteiger partial charge on any atom is 0.228 e. The molecule has 4 rings (SSSR count). The Balaban J connectivity index is 1.59. The molecule has 2 aromatic carbocycles. The zero-order chi connectivity index (χ0) is 18.9. The predicted molar refractivity (Wildman–Crippen MR) is 99.4 cm³/mol. The molecule has 0 radical (unpaired) electrons. The number of aromatic nitrogens is 2. The van der Waals surface area contributed by atoms with Gasteiger partial charge in [-0.2, -0.15) is 0 Å². The lowest BCUT2D eigenvalue weighted by Crippen LogP contribution is -2.08. The zero-order valence-electron chi connectivity index (χ0n) is 14.2. The lowest BCUT2D eigenvalue weighted by Gasteiger charge is -2.08. The molecule has 0 N–H and O–H groups in total. The van der Waals surface area contributed by atoms with Crippen LogP contribution in [0, 0.1) is 0 Å². The van der Waals surface area contributed by atoms with Crippen LogP contribution in [-0.2, 0) is 10.1 Å². The topological polar surface area (TPSA) is 105 Å². The molecule has 0 saturated heterocycles. The van der Waals surface area contributed by atoms with Crippen LogP contribution in [0.15, 0.2) is 59.1 Å². The molecule has 0 aliphatic rings. The van der Waals surface area contributed by atoms with Gasteiger partial charge in [-0.3, -0.25) is 4.98 Å². The number of pyridine rings is 1. The summed E-state index contributed by atoms with van der Waals surface area (Å²) in [7, 11) is -4.22. The van der Waals surface area contributed by atoms with Gasteiger partial charge in [0, 0.05) is 29.0 Å². The molecule has 0 amide bonds. The molecule has 4 aromatic rings. The first-order valence-electron chi connectivity index (χ1n) is 8.31. The summed E-state index contributed by atoms with van der Waals surface area (Å²) in [4.78, 5) is 8.87. The van der Waals surface area contributed by atoms with E-state index in [2.05, 4.69) is 9.97 Å². The Kier molecular flexibility index (Phi) is 4.51. The van der Waals surface area contributed by atoms with Crippen LogP contribution in [-0.4, -0.2) is 35.3 Å².